The predicted molar refractivity (Wildman–Crippen MR) is 110 cm³/mol. The predicted octanol–water partition coefficient (Wildman–Crippen LogP) is 5.30. The number of methoxy groups -OCH3 is 1. The highest BCUT2D eigenvalue weighted by molar-refractivity contribution is 5.99. The Kier molecular flexibility index (Phi) is 5.54. The minimum atomic E-state index is 0.822. The Hall–Kier alpha value is -3.27. The topological polar surface area (TPSA) is 36.9 Å². The van der Waals surface area contributed by atoms with Gasteiger partial charge in [-0.3, -0.25) is 0 Å². The Morgan fingerprint density at radius 3 is 1.96 bits per heavy atom. The number of ether oxygens (including phenoxy) is 1. The molecule has 0 radical (unpaired) electrons. The van der Waals surface area contributed by atoms with Crippen LogP contribution in [0.5, 0.6) is 5.75 Å². The van der Waals surface area contributed by atoms with Gasteiger partial charge >= 0.3 is 0 Å². The largest absolute Gasteiger partial charge is 0.497 e. The van der Waals surface area contributed by atoms with Crippen molar-refractivity contribution in [2.45, 2.75) is 6.92 Å². The van der Waals surface area contributed by atoms with Crippen LogP contribution in [0, 0.1) is 0 Å². The average Bonchev–Trinajstić information content (AvgIpc) is 2.73. The molecule has 0 heterocycles. The average molecular weight is 345 g/mol. The molecule has 3 aromatic carbocycles. The molecule has 0 unspecified atom stereocenters. The molecule has 0 saturated carbocycles. The van der Waals surface area contributed by atoms with Crippen molar-refractivity contribution < 1.29 is 4.74 Å². The lowest BCUT2D eigenvalue weighted by molar-refractivity contribution is 0.415. The van der Waals surface area contributed by atoms with E-state index in [1.165, 1.54) is 0 Å². The van der Waals surface area contributed by atoms with Crippen LogP contribution in [-0.2, 0) is 0 Å². The lowest BCUT2D eigenvalue weighted by Gasteiger charge is -2.21. The maximum Gasteiger partial charge on any atom is 0.119 e. The van der Waals surface area contributed by atoms with Crippen LogP contribution in [0.25, 0.3) is 0 Å². The van der Waals surface area contributed by atoms with Gasteiger partial charge in [-0.1, -0.05) is 30.3 Å². The van der Waals surface area contributed by atoms with E-state index in [1.807, 2.05) is 73.6 Å². The van der Waals surface area contributed by atoms with Crippen molar-refractivity contribution in [3.8, 4) is 5.75 Å². The van der Waals surface area contributed by atoms with Gasteiger partial charge in [-0.15, -0.1) is 0 Å². The molecule has 26 heavy (non-hydrogen) atoms. The lowest BCUT2D eigenvalue weighted by Crippen LogP contribution is -2.12. The van der Waals surface area contributed by atoms with Crippen molar-refractivity contribution >= 4 is 22.8 Å². The molecule has 4 heteroatoms. The standard InChI is InChI=1S/C22H23N3O/c1-17(18-7-5-4-6-8-18)24-25(20-11-9-19(23-2)10-12-20)21-13-15-22(26-3)16-14-21/h4-16,23H,1-3H3. The van der Waals surface area contributed by atoms with Gasteiger partial charge in [0.1, 0.15) is 5.75 Å². The van der Waals surface area contributed by atoms with E-state index in [-0.39, 0.29) is 0 Å². The fourth-order valence-electron chi connectivity index (χ4n) is 2.64. The number of benzene rings is 3. The summed E-state index contributed by atoms with van der Waals surface area (Å²) in [4.78, 5) is 0. The SMILES string of the molecule is CNc1ccc(N(N=C(C)c2ccccc2)c2ccc(OC)cc2)cc1. The van der Waals surface area contributed by atoms with Crippen molar-refractivity contribution in [1.29, 1.82) is 0 Å². The Labute approximate surface area is 154 Å². The fourth-order valence-corrected chi connectivity index (χ4v) is 2.64. The summed E-state index contributed by atoms with van der Waals surface area (Å²) in [5.74, 6) is 0.822. The highest BCUT2D eigenvalue weighted by Gasteiger charge is 2.10. The van der Waals surface area contributed by atoms with E-state index in [1.54, 1.807) is 7.11 Å². The Balaban J connectivity index is 2.02. The Bertz CT molecular complexity index is 809. The van der Waals surface area contributed by atoms with Crippen molar-refractivity contribution in [2.24, 2.45) is 5.10 Å². The number of rotatable bonds is 6. The normalized spacial score (nSPS) is 11.1. The summed E-state index contributed by atoms with van der Waals surface area (Å²) in [7, 11) is 3.58. The van der Waals surface area contributed by atoms with Crippen LogP contribution in [0.4, 0.5) is 17.1 Å². The minimum Gasteiger partial charge on any atom is -0.497 e. The summed E-state index contributed by atoms with van der Waals surface area (Å²) in [5, 5.41) is 9.98. The maximum absolute atomic E-state index is 5.27. The third-order valence-corrected chi connectivity index (χ3v) is 4.16. The van der Waals surface area contributed by atoms with E-state index in [9.17, 15) is 0 Å². The summed E-state index contributed by atoms with van der Waals surface area (Å²) in [6.45, 7) is 2.02. The van der Waals surface area contributed by atoms with E-state index in [4.69, 9.17) is 9.84 Å². The highest BCUT2D eigenvalue weighted by atomic mass is 16.5. The third-order valence-electron chi connectivity index (χ3n) is 4.16. The summed E-state index contributed by atoms with van der Waals surface area (Å²) < 4.78 is 5.27. The van der Waals surface area contributed by atoms with Crippen molar-refractivity contribution in [3.63, 3.8) is 0 Å². The first-order chi connectivity index (χ1) is 12.7. The van der Waals surface area contributed by atoms with Gasteiger partial charge in [0.05, 0.1) is 24.2 Å². The van der Waals surface area contributed by atoms with Crippen LogP contribution in [0.3, 0.4) is 0 Å². The molecule has 132 valence electrons. The van der Waals surface area contributed by atoms with Gasteiger partial charge in [0.2, 0.25) is 0 Å². The van der Waals surface area contributed by atoms with E-state index in [0.29, 0.717) is 0 Å². The number of hydrogen-bond acceptors (Lipinski definition) is 4. The van der Waals surface area contributed by atoms with E-state index in [0.717, 1.165) is 34.1 Å². The molecule has 1 N–H and O–H groups in total. The second-order valence-corrected chi connectivity index (χ2v) is 5.86. The Morgan fingerprint density at radius 2 is 1.42 bits per heavy atom. The van der Waals surface area contributed by atoms with E-state index < -0.39 is 0 Å². The first kappa shape index (κ1) is 17.5. The van der Waals surface area contributed by atoms with Crippen LogP contribution in [0.1, 0.15) is 12.5 Å². The van der Waals surface area contributed by atoms with Gasteiger partial charge in [-0.05, 0) is 61.0 Å². The number of nitrogens with one attached hydrogen (secondary N) is 1. The molecule has 0 bridgehead atoms. The van der Waals surface area contributed by atoms with Gasteiger partial charge in [0.25, 0.3) is 0 Å². The Morgan fingerprint density at radius 1 is 0.846 bits per heavy atom. The van der Waals surface area contributed by atoms with Crippen molar-refractivity contribution in [3.05, 3.63) is 84.4 Å². The molecule has 3 aromatic rings. The number of nitrogens with zero attached hydrogens (tertiary/aromatic N) is 2. The number of hydrogen-bond donors (Lipinski definition) is 1. The zero-order valence-corrected chi connectivity index (χ0v) is 15.3. The highest BCUT2D eigenvalue weighted by Crippen LogP contribution is 2.29. The van der Waals surface area contributed by atoms with E-state index >= 15 is 0 Å². The van der Waals surface area contributed by atoms with Gasteiger partial charge in [0.15, 0.2) is 0 Å². The summed E-state index contributed by atoms with van der Waals surface area (Å²) >= 11 is 0. The van der Waals surface area contributed by atoms with Gasteiger partial charge in [-0.25, -0.2) is 5.01 Å². The second-order valence-electron chi connectivity index (χ2n) is 5.86. The number of hydrazone groups is 1. The van der Waals surface area contributed by atoms with Crippen molar-refractivity contribution in [2.75, 3.05) is 24.5 Å². The molecule has 0 amide bonds. The molecule has 0 spiro atoms. The molecule has 4 nitrogen and oxygen atoms in total. The smallest absolute Gasteiger partial charge is 0.119 e. The summed E-state index contributed by atoms with van der Waals surface area (Å²) in [5.41, 5.74) is 5.06. The molecule has 0 aliphatic rings. The van der Waals surface area contributed by atoms with E-state index in [2.05, 4.69) is 29.6 Å². The molecular weight excluding hydrogens is 322 g/mol. The molecular formula is C22H23N3O. The summed E-state index contributed by atoms with van der Waals surface area (Å²) in [6.07, 6.45) is 0. The second kappa shape index (κ2) is 8.21. The molecule has 0 fully saturated rings. The van der Waals surface area contributed by atoms with Crippen LogP contribution >= 0.6 is 0 Å². The number of anilines is 3. The van der Waals surface area contributed by atoms with Gasteiger partial charge in [-0.2, -0.15) is 5.10 Å². The van der Waals surface area contributed by atoms with Crippen LogP contribution < -0.4 is 15.1 Å². The van der Waals surface area contributed by atoms with Crippen LogP contribution in [0.15, 0.2) is 84.0 Å². The molecule has 3 rings (SSSR count). The van der Waals surface area contributed by atoms with Crippen LogP contribution in [-0.4, -0.2) is 19.9 Å². The lowest BCUT2D eigenvalue weighted by atomic mass is 10.1. The third kappa shape index (κ3) is 4.03. The molecule has 0 saturated heterocycles. The quantitative estimate of drug-likeness (QED) is 0.486. The summed E-state index contributed by atoms with van der Waals surface area (Å²) in [6, 6.07) is 26.3. The first-order valence-electron chi connectivity index (χ1n) is 8.54. The molecule has 0 aliphatic carbocycles. The minimum absolute atomic E-state index is 0.822. The fraction of sp³-hybridized carbons (Fsp3) is 0.136. The van der Waals surface area contributed by atoms with Crippen molar-refractivity contribution in [1.82, 2.24) is 0 Å². The first-order valence-corrected chi connectivity index (χ1v) is 8.54. The van der Waals surface area contributed by atoms with Gasteiger partial charge < -0.3 is 10.1 Å². The maximum atomic E-state index is 5.27. The monoisotopic (exact) mass is 345 g/mol. The molecule has 0 aromatic heterocycles. The van der Waals surface area contributed by atoms with Gasteiger partial charge in [0, 0.05) is 12.7 Å². The zero-order chi connectivity index (χ0) is 18.4. The zero-order valence-electron chi connectivity index (χ0n) is 15.3. The molecule has 0 aliphatic heterocycles. The van der Waals surface area contributed by atoms with Crippen LogP contribution in [0.2, 0.25) is 0 Å². The molecule has 0 atom stereocenters.